The molecule has 0 saturated heterocycles. The zero-order valence-corrected chi connectivity index (χ0v) is 12.1. The lowest BCUT2D eigenvalue weighted by atomic mass is 10.1. The second-order valence-electron chi connectivity index (χ2n) is 4.89. The lowest BCUT2D eigenvalue weighted by molar-refractivity contribution is 0.295. The summed E-state index contributed by atoms with van der Waals surface area (Å²) in [5.41, 5.74) is 7.09. The van der Waals surface area contributed by atoms with Gasteiger partial charge in [0.25, 0.3) is 0 Å². The first kappa shape index (κ1) is 15.9. The van der Waals surface area contributed by atoms with Crippen molar-refractivity contribution in [2.24, 2.45) is 5.73 Å². The predicted molar refractivity (Wildman–Crippen MR) is 77.8 cm³/mol. The number of halogens is 1. The highest BCUT2D eigenvalue weighted by molar-refractivity contribution is 5.50. The third-order valence-corrected chi connectivity index (χ3v) is 3.53. The third kappa shape index (κ3) is 3.91. The zero-order valence-electron chi connectivity index (χ0n) is 12.1. The lowest BCUT2D eigenvalue weighted by Crippen LogP contribution is -2.37. The maximum atomic E-state index is 14.2. The average molecular weight is 268 g/mol. The molecule has 1 aromatic carbocycles. The van der Waals surface area contributed by atoms with Gasteiger partial charge in [-0.15, -0.1) is 0 Å². The molecule has 0 amide bonds. The zero-order chi connectivity index (χ0) is 14.4. The second-order valence-corrected chi connectivity index (χ2v) is 4.89. The van der Waals surface area contributed by atoms with Crippen molar-refractivity contribution < 1.29 is 9.50 Å². The van der Waals surface area contributed by atoms with E-state index in [9.17, 15) is 9.50 Å². The Labute approximate surface area is 115 Å². The largest absolute Gasteiger partial charge is 0.395 e. The molecule has 0 saturated carbocycles. The smallest absolute Gasteiger partial charge is 0.146 e. The van der Waals surface area contributed by atoms with Gasteiger partial charge in [0, 0.05) is 18.6 Å². The standard InChI is InChI=1S/C15H25FN2O/c1-4-13(5-2)18(8-9-19)15-7-6-12(11(3)17)10-14(15)16/h6-7,10-11,13,19H,4-5,8-9,17H2,1-3H3. The van der Waals surface area contributed by atoms with Crippen molar-refractivity contribution in [2.45, 2.75) is 45.7 Å². The van der Waals surface area contributed by atoms with E-state index in [1.165, 1.54) is 6.07 Å². The van der Waals surface area contributed by atoms with Gasteiger partial charge in [-0.3, -0.25) is 0 Å². The van der Waals surface area contributed by atoms with Crippen molar-refractivity contribution in [3.63, 3.8) is 0 Å². The Hall–Kier alpha value is -1.13. The van der Waals surface area contributed by atoms with Crippen LogP contribution in [0.2, 0.25) is 0 Å². The first-order chi connectivity index (χ1) is 9.04. The minimum atomic E-state index is -0.268. The van der Waals surface area contributed by atoms with Crippen molar-refractivity contribution in [3.05, 3.63) is 29.6 Å². The van der Waals surface area contributed by atoms with Crippen LogP contribution >= 0.6 is 0 Å². The number of aliphatic hydroxyl groups excluding tert-OH is 1. The van der Waals surface area contributed by atoms with E-state index < -0.39 is 0 Å². The molecule has 0 aliphatic heterocycles. The van der Waals surface area contributed by atoms with Gasteiger partial charge >= 0.3 is 0 Å². The molecule has 108 valence electrons. The molecule has 3 N–H and O–H groups in total. The number of anilines is 1. The normalized spacial score (nSPS) is 12.8. The second kappa shape index (κ2) is 7.46. The quantitative estimate of drug-likeness (QED) is 0.799. The van der Waals surface area contributed by atoms with Crippen LogP contribution in [0.5, 0.6) is 0 Å². The number of aliphatic hydroxyl groups is 1. The summed E-state index contributed by atoms with van der Waals surface area (Å²) in [5, 5.41) is 9.19. The Bertz CT molecular complexity index is 392. The first-order valence-electron chi connectivity index (χ1n) is 6.97. The molecule has 1 aromatic rings. The van der Waals surface area contributed by atoms with Crippen LogP contribution in [0.4, 0.5) is 10.1 Å². The number of rotatable bonds is 7. The summed E-state index contributed by atoms with van der Waals surface area (Å²) in [6.07, 6.45) is 1.84. The minimum absolute atomic E-state index is 0.0188. The molecular formula is C15H25FN2O. The average Bonchev–Trinajstić information content (AvgIpc) is 2.39. The molecule has 3 nitrogen and oxygen atoms in total. The Morgan fingerprint density at radius 2 is 1.95 bits per heavy atom. The summed E-state index contributed by atoms with van der Waals surface area (Å²) in [6, 6.07) is 5.18. The van der Waals surface area contributed by atoms with Gasteiger partial charge in [-0.1, -0.05) is 19.9 Å². The number of benzene rings is 1. The fraction of sp³-hybridized carbons (Fsp3) is 0.600. The summed E-state index contributed by atoms with van der Waals surface area (Å²) < 4.78 is 14.2. The lowest BCUT2D eigenvalue weighted by Gasteiger charge is -2.32. The minimum Gasteiger partial charge on any atom is -0.395 e. The van der Waals surface area contributed by atoms with Crippen LogP contribution in [0.25, 0.3) is 0 Å². The highest BCUT2D eigenvalue weighted by atomic mass is 19.1. The van der Waals surface area contributed by atoms with Crippen LogP contribution in [0.3, 0.4) is 0 Å². The molecule has 1 unspecified atom stereocenters. The van der Waals surface area contributed by atoms with Crippen LogP contribution in [-0.4, -0.2) is 24.3 Å². The highest BCUT2D eigenvalue weighted by Gasteiger charge is 2.19. The maximum absolute atomic E-state index is 14.2. The third-order valence-electron chi connectivity index (χ3n) is 3.53. The van der Waals surface area contributed by atoms with E-state index in [0.717, 1.165) is 18.4 Å². The van der Waals surface area contributed by atoms with Gasteiger partial charge in [0.05, 0.1) is 12.3 Å². The van der Waals surface area contributed by atoms with Crippen LogP contribution in [0, 0.1) is 5.82 Å². The SMILES string of the molecule is CCC(CC)N(CCO)c1ccc(C(C)N)cc1F. The molecule has 0 spiro atoms. The number of nitrogens with two attached hydrogens (primary N) is 1. The van der Waals surface area contributed by atoms with E-state index in [2.05, 4.69) is 13.8 Å². The molecule has 1 atom stereocenters. The highest BCUT2D eigenvalue weighted by Crippen LogP contribution is 2.26. The number of hydrogen-bond acceptors (Lipinski definition) is 3. The van der Waals surface area contributed by atoms with Crippen molar-refractivity contribution in [1.82, 2.24) is 0 Å². The van der Waals surface area contributed by atoms with E-state index in [1.807, 2.05) is 17.9 Å². The fourth-order valence-electron chi connectivity index (χ4n) is 2.38. The Morgan fingerprint density at radius 3 is 2.37 bits per heavy atom. The van der Waals surface area contributed by atoms with Gasteiger partial charge in [0.15, 0.2) is 0 Å². The summed E-state index contributed by atoms with van der Waals surface area (Å²) >= 11 is 0. The number of hydrogen-bond donors (Lipinski definition) is 2. The summed E-state index contributed by atoms with van der Waals surface area (Å²) in [6.45, 7) is 6.45. The van der Waals surface area contributed by atoms with Gasteiger partial charge in [0.2, 0.25) is 0 Å². The van der Waals surface area contributed by atoms with Gasteiger partial charge < -0.3 is 15.7 Å². The van der Waals surface area contributed by atoms with E-state index in [1.54, 1.807) is 6.07 Å². The topological polar surface area (TPSA) is 49.5 Å². The molecule has 0 aliphatic carbocycles. The predicted octanol–water partition coefficient (Wildman–Crippen LogP) is 2.83. The molecular weight excluding hydrogens is 243 g/mol. The Morgan fingerprint density at radius 1 is 1.32 bits per heavy atom. The molecule has 0 bridgehead atoms. The first-order valence-corrected chi connectivity index (χ1v) is 6.97. The van der Waals surface area contributed by atoms with E-state index in [-0.39, 0.29) is 24.5 Å². The molecule has 19 heavy (non-hydrogen) atoms. The summed E-state index contributed by atoms with van der Waals surface area (Å²) in [4.78, 5) is 1.94. The Balaban J connectivity index is 3.08. The van der Waals surface area contributed by atoms with Crippen LogP contribution in [0.1, 0.15) is 45.2 Å². The molecule has 1 rings (SSSR count). The van der Waals surface area contributed by atoms with Gasteiger partial charge in [-0.05, 0) is 37.5 Å². The van der Waals surface area contributed by atoms with Crippen LogP contribution in [-0.2, 0) is 0 Å². The van der Waals surface area contributed by atoms with E-state index in [0.29, 0.717) is 12.2 Å². The summed E-state index contributed by atoms with van der Waals surface area (Å²) in [7, 11) is 0. The monoisotopic (exact) mass is 268 g/mol. The van der Waals surface area contributed by atoms with E-state index >= 15 is 0 Å². The number of nitrogens with zero attached hydrogens (tertiary/aromatic N) is 1. The van der Waals surface area contributed by atoms with Crippen LogP contribution in [0.15, 0.2) is 18.2 Å². The van der Waals surface area contributed by atoms with Crippen molar-refractivity contribution in [1.29, 1.82) is 0 Å². The van der Waals surface area contributed by atoms with Crippen molar-refractivity contribution >= 4 is 5.69 Å². The molecule has 0 aliphatic rings. The maximum Gasteiger partial charge on any atom is 0.146 e. The summed E-state index contributed by atoms with van der Waals surface area (Å²) in [5.74, 6) is -0.268. The molecule has 0 fully saturated rings. The van der Waals surface area contributed by atoms with Gasteiger partial charge in [-0.2, -0.15) is 0 Å². The van der Waals surface area contributed by atoms with Crippen molar-refractivity contribution in [2.75, 3.05) is 18.1 Å². The fourth-order valence-corrected chi connectivity index (χ4v) is 2.38. The van der Waals surface area contributed by atoms with Crippen LogP contribution < -0.4 is 10.6 Å². The van der Waals surface area contributed by atoms with Gasteiger partial charge in [0.1, 0.15) is 5.82 Å². The molecule has 0 heterocycles. The Kier molecular flexibility index (Phi) is 6.25. The molecule has 0 aromatic heterocycles. The van der Waals surface area contributed by atoms with Crippen molar-refractivity contribution in [3.8, 4) is 0 Å². The van der Waals surface area contributed by atoms with Gasteiger partial charge in [-0.25, -0.2) is 4.39 Å². The molecule has 4 heteroatoms. The van der Waals surface area contributed by atoms with E-state index in [4.69, 9.17) is 5.73 Å². The molecule has 0 radical (unpaired) electrons.